The van der Waals surface area contributed by atoms with Gasteiger partial charge in [-0.1, -0.05) is 0 Å². The zero-order valence-corrected chi connectivity index (χ0v) is 28.8. The molecule has 0 atom stereocenters. The molecule has 16 heteroatoms. The highest BCUT2D eigenvalue weighted by atomic mass is 32.2. The fraction of sp³-hybridized carbons (Fsp3) is 0.438. The summed E-state index contributed by atoms with van der Waals surface area (Å²) in [5, 5.41) is 0.272. The molecule has 0 unspecified atom stereocenters. The van der Waals surface area contributed by atoms with Crippen molar-refractivity contribution >= 4 is 38.6 Å². The zero-order chi connectivity index (χ0) is 35.0. The number of hydrogen-bond donors (Lipinski definition) is 0. The number of rotatable bonds is 9. The molecule has 2 aromatic heterocycles. The number of hydrogen-bond acceptors (Lipinski definition) is 10. The number of ether oxygens (including phenoxy) is 3. The largest absolute Gasteiger partial charge is 0.497 e. The van der Waals surface area contributed by atoms with Crippen molar-refractivity contribution in [2.75, 3.05) is 46.3 Å². The lowest BCUT2D eigenvalue weighted by molar-refractivity contribution is 0.0187. The van der Waals surface area contributed by atoms with Crippen LogP contribution in [-0.4, -0.2) is 89.2 Å². The third-order valence-corrected chi connectivity index (χ3v) is 9.77. The molecule has 1 amide bonds. The Bertz CT molecular complexity index is 1980. The molecule has 1 aliphatic rings. The number of nitrogens with zero attached hydrogens (tertiary/aromatic N) is 7. The number of imidazole rings is 1. The van der Waals surface area contributed by atoms with E-state index in [1.165, 1.54) is 64.1 Å². The second-order valence-corrected chi connectivity index (χ2v) is 14.6. The predicted octanol–water partition coefficient (Wildman–Crippen LogP) is 4.31. The summed E-state index contributed by atoms with van der Waals surface area (Å²) in [5.41, 5.74) is -0.132. The van der Waals surface area contributed by atoms with Crippen molar-refractivity contribution in [1.29, 1.82) is 0 Å². The first kappa shape index (κ1) is 34.6. The Balaban J connectivity index is 1.56. The van der Waals surface area contributed by atoms with Crippen LogP contribution in [0.2, 0.25) is 0 Å². The Kier molecular flexibility index (Phi) is 9.69. The molecule has 0 bridgehead atoms. The van der Waals surface area contributed by atoms with Crippen molar-refractivity contribution in [1.82, 2.24) is 27.7 Å². The minimum Gasteiger partial charge on any atom is -0.497 e. The van der Waals surface area contributed by atoms with Crippen LogP contribution in [0.1, 0.15) is 45.5 Å². The van der Waals surface area contributed by atoms with Gasteiger partial charge in [-0.25, -0.2) is 23.1 Å². The topological polar surface area (TPSA) is 141 Å². The van der Waals surface area contributed by atoms with Crippen LogP contribution < -0.4 is 19.9 Å². The Labute approximate surface area is 278 Å². The molecular formula is C32H40FN7O7S. The summed E-state index contributed by atoms with van der Waals surface area (Å²) in [7, 11) is 1.58. The highest BCUT2D eigenvalue weighted by Gasteiger charge is 2.29. The first-order chi connectivity index (χ1) is 22.6. The average Bonchev–Trinajstić information content (AvgIpc) is 3.52. The molecule has 2 aromatic carbocycles. The van der Waals surface area contributed by atoms with E-state index in [4.69, 9.17) is 14.2 Å². The van der Waals surface area contributed by atoms with E-state index in [1.54, 1.807) is 27.7 Å². The maximum absolute atomic E-state index is 16.0. The molecule has 0 aliphatic carbocycles. The van der Waals surface area contributed by atoms with E-state index in [-0.39, 0.29) is 40.8 Å². The SMILES string of the molecule is COc1cc(OC)c(F)c(N(Cc2nccn2S(=O)(=O)N(C)C)c2ccc3ncn(C4CCN(C(=O)OC(C)(C)C)CC4)c(=O)c3c2)c1. The van der Waals surface area contributed by atoms with Gasteiger partial charge in [0, 0.05) is 63.4 Å². The van der Waals surface area contributed by atoms with Crippen LogP contribution in [0.3, 0.4) is 0 Å². The molecule has 4 aromatic rings. The summed E-state index contributed by atoms with van der Waals surface area (Å²) < 4.78 is 62.0. The van der Waals surface area contributed by atoms with E-state index in [0.29, 0.717) is 42.9 Å². The summed E-state index contributed by atoms with van der Waals surface area (Å²) in [5.74, 6) is -0.446. The first-order valence-electron chi connectivity index (χ1n) is 15.3. The van der Waals surface area contributed by atoms with Crippen LogP contribution in [0.4, 0.5) is 20.6 Å². The lowest BCUT2D eigenvalue weighted by atomic mass is 10.0. The fourth-order valence-electron chi connectivity index (χ4n) is 5.50. The normalized spacial score (nSPS) is 14.4. The third kappa shape index (κ3) is 6.94. The molecule has 0 N–H and O–H groups in total. The number of methoxy groups -OCH3 is 2. The molecule has 0 radical (unpaired) electrons. The minimum atomic E-state index is -3.97. The standard InChI is InChI=1S/C32H40FN7O7S/c1-32(2,3)47-31(42)37-13-10-21(11-14-37)39-20-35-25-9-8-22(16-24(25)30(39)41)38(26-17-23(45-6)18-27(46-7)29(26)33)19-28-34-12-15-40(28)48(43,44)36(4)5/h8-9,12,15-18,20-21H,10-11,13-14,19H2,1-7H3. The van der Waals surface area contributed by atoms with Crippen LogP contribution >= 0.6 is 0 Å². The minimum absolute atomic E-state index is 0.00100. The van der Waals surface area contributed by atoms with E-state index in [1.807, 2.05) is 20.8 Å². The van der Waals surface area contributed by atoms with Gasteiger partial charge in [0.05, 0.1) is 43.7 Å². The maximum Gasteiger partial charge on any atom is 0.410 e. The third-order valence-electron chi connectivity index (χ3n) is 8.02. The van der Waals surface area contributed by atoms with Crippen LogP contribution in [0.15, 0.2) is 53.8 Å². The van der Waals surface area contributed by atoms with Gasteiger partial charge in [-0.15, -0.1) is 0 Å². The number of carbonyl (C=O) groups is 1. The molecule has 5 rings (SSSR count). The van der Waals surface area contributed by atoms with E-state index in [0.717, 1.165) is 8.28 Å². The molecule has 0 saturated carbocycles. The fourth-order valence-corrected chi connectivity index (χ4v) is 6.43. The van der Waals surface area contributed by atoms with Gasteiger partial charge in [-0.3, -0.25) is 9.36 Å². The van der Waals surface area contributed by atoms with Gasteiger partial charge in [0.2, 0.25) is 0 Å². The summed E-state index contributed by atoms with van der Waals surface area (Å²) in [6.07, 6.45) is 4.81. The number of aromatic nitrogens is 4. The van der Waals surface area contributed by atoms with E-state index in [9.17, 15) is 18.0 Å². The van der Waals surface area contributed by atoms with E-state index < -0.39 is 27.7 Å². The summed E-state index contributed by atoms with van der Waals surface area (Å²) in [6, 6.07) is 7.54. The number of carbonyl (C=O) groups excluding carboxylic acids is 1. The van der Waals surface area contributed by atoms with Gasteiger partial charge in [-0.05, 0) is 51.8 Å². The van der Waals surface area contributed by atoms with Gasteiger partial charge < -0.3 is 24.0 Å². The van der Waals surface area contributed by atoms with Crippen molar-refractivity contribution in [2.45, 2.75) is 51.8 Å². The molecule has 1 fully saturated rings. The quantitative estimate of drug-likeness (QED) is 0.250. The van der Waals surface area contributed by atoms with Gasteiger partial charge in [0.1, 0.15) is 17.2 Å². The second-order valence-electron chi connectivity index (χ2n) is 12.5. The predicted molar refractivity (Wildman–Crippen MR) is 178 cm³/mol. The summed E-state index contributed by atoms with van der Waals surface area (Å²) >= 11 is 0. The molecule has 1 aliphatic heterocycles. The Hall–Kier alpha value is -4.70. The Morgan fingerprint density at radius 2 is 1.77 bits per heavy atom. The smallest absolute Gasteiger partial charge is 0.410 e. The van der Waals surface area contributed by atoms with E-state index in [2.05, 4.69) is 9.97 Å². The van der Waals surface area contributed by atoms with Gasteiger partial charge in [0.25, 0.3) is 5.56 Å². The molecule has 48 heavy (non-hydrogen) atoms. The second kappa shape index (κ2) is 13.4. The Morgan fingerprint density at radius 3 is 2.40 bits per heavy atom. The van der Waals surface area contributed by atoms with Crippen molar-refractivity contribution in [3.8, 4) is 11.5 Å². The summed E-state index contributed by atoms with van der Waals surface area (Å²) in [6.45, 7) is 6.05. The van der Waals surface area contributed by atoms with E-state index >= 15 is 4.39 Å². The van der Waals surface area contributed by atoms with Gasteiger partial charge in [0.15, 0.2) is 11.6 Å². The van der Waals surface area contributed by atoms with Crippen molar-refractivity contribution in [3.05, 3.63) is 71.0 Å². The first-order valence-corrected chi connectivity index (χ1v) is 16.7. The highest BCUT2D eigenvalue weighted by Crippen LogP contribution is 2.38. The highest BCUT2D eigenvalue weighted by molar-refractivity contribution is 7.87. The molecule has 0 spiro atoms. The number of fused-ring (bicyclic) bond motifs is 1. The van der Waals surface area contributed by atoms with Crippen LogP contribution in [0.5, 0.6) is 11.5 Å². The van der Waals surface area contributed by atoms with Crippen LogP contribution in [-0.2, 0) is 21.5 Å². The lowest BCUT2D eigenvalue weighted by Crippen LogP contribution is -2.43. The zero-order valence-electron chi connectivity index (χ0n) is 28.0. The number of halogens is 1. The number of amides is 1. The number of likely N-dealkylation sites (tertiary alicyclic amines) is 1. The molecule has 258 valence electrons. The monoisotopic (exact) mass is 685 g/mol. The number of benzene rings is 2. The average molecular weight is 686 g/mol. The molecule has 1 saturated heterocycles. The number of anilines is 2. The lowest BCUT2D eigenvalue weighted by Gasteiger charge is -2.34. The maximum atomic E-state index is 16.0. The Morgan fingerprint density at radius 1 is 1.06 bits per heavy atom. The molecule has 3 heterocycles. The summed E-state index contributed by atoms with van der Waals surface area (Å²) in [4.78, 5) is 38.5. The van der Waals surface area contributed by atoms with Crippen molar-refractivity contribution < 1.29 is 31.8 Å². The van der Waals surface area contributed by atoms with Gasteiger partial charge in [-0.2, -0.15) is 12.7 Å². The molecule has 14 nitrogen and oxygen atoms in total. The van der Waals surface area contributed by atoms with Crippen molar-refractivity contribution in [2.24, 2.45) is 0 Å². The van der Waals surface area contributed by atoms with Gasteiger partial charge >= 0.3 is 16.3 Å². The van der Waals surface area contributed by atoms with Crippen LogP contribution in [0.25, 0.3) is 10.9 Å². The van der Waals surface area contributed by atoms with Crippen LogP contribution in [0, 0.1) is 5.82 Å². The molecular weight excluding hydrogens is 645 g/mol. The van der Waals surface area contributed by atoms with Crippen molar-refractivity contribution in [3.63, 3.8) is 0 Å². The number of piperidine rings is 1.